The molecule has 1 atom stereocenters. The van der Waals surface area contributed by atoms with E-state index in [0.29, 0.717) is 36.9 Å². The number of carbonyl (C=O) groups excluding carboxylic acids is 2. The number of benzene rings is 1. The first-order valence-electron chi connectivity index (χ1n) is 9.16. The van der Waals surface area contributed by atoms with Crippen molar-refractivity contribution in [3.8, 4) is 11.5 Å². The summed E-state index contributed by atoms with van der Waals surface area (Å²) in [6.07, 6.45) is 3.42. The van der Waals surface area contributed by atoms with Gasteiger partial charge in [-0.25, -0.2) is 0 Å². The summed E-state index contributed by atoms with van der Waals surface area (Å²) in [6.45, 7) is 3.18. The summed E-state index contributed by atoms with van der Waals surface area (Å²) >= 11 is 0. The summed E-state index contributed by atoms with van der Waals surface area (Å²) in [4.78, 5) is 26.9. The van der Waals surface area contributed by atoms with Crippen LogP contribution in [0.4, 0.5) is 5.69 Å². The van der Waals surface area contributed by atoms with Crippen molar-refractivity contribution in [2.45, 2.75) is 13.0 Å². The van der Waals surface area contributed by atoms with Crippen molar-refractivity contribution in [1.29, 1.82) is 0 Å². The Kier molecular flexibility index (Phi) is 7.86. The van der Waals surface area contributed by atoms with Gasteiger partial charge in [0.2, 0.25) is 11.8 Å². The molecule has 3 rings (SSSR count). The maximum absolute atomic E-state index is 12.9. The predicted molar refractivity (Wildman–Crippen MR) is 111 cm³/mol. The zero-order chi connectivity index (χ0) is 20.1. The predicted octanol–water partition coefficient (Wildman–Crippen LogP) is 1.36. The Morgan fingerprint density at radius 3 is 2.62 bits per heavy atom. The number of aryl methyl sites for hydroxylation is 1. The number of hydrogen-bond donors (Lipinski definition) is 2. The van der Waals surface area contributed by atoms with Crippen LogP contribution in [0.15, 0.2) is 30.6 Å². The first-order valence-corrected chi connectivity index (χ1v) is 9.16. The van der Waals surface area contributed by atoms with Crippen molar-refractivity contribution < 1.29 is 19.1 Å². The van der Waals surface area contributed by atoms with Gasteiger partial charge in [-0.2, -0.15) is 5.10 Å². The molecule has 1 aliphatic rings. The van der Waals surface area contributed by atoms with E-state index in [9.17, 15) is 9.59 Å². The minimum absolute atomic E-state index is 0. The van der Waals surface area contributed by atoms with Crippen LogP contribution in [0.5, 0.6) is 11.5 Å². The maximum Gasteiger partial charge on any atom is 0.244 e. The van der Waals surface area contributed by atoms with Gasteiger partial charge in [0.25, 0.3) is 0 Å². The van der Waals surface area contributed by atoms with Gasteiger partial charge in [0.05, 0.1) is 12.7 Å². The smallest absolute Gasteiger partial charge is 0.244 e. The molecule has 0 saturated heterocycles. The third-order valence-electron chi connectivity index (χ3n) is 4.45. The minimum Gasteiger partial charge on any atom is -0.486 e. The molecule has 158 valence electrons. The summed E-state index contributed by atoms with van der Waals surface area (Å²) < 4.78 is 12.6. The molecule has 9 nitrogen and oxygen atoms in total. The van der Waals surface area contributed by atoms with Crippen LogP contribution in [0.25, 0.3) is 0 Å². The Morgan fingerprint density at radius 2 is 2.00 bits per heavy atom. The highest BCUT2D eigenvalue weighted by Gasteiger charge is 2.26. The number of aromatic nitrogens is 2. The normalized spacial score (nSPS) is 13.2. The van der Waals surface area contributed by atoms with E-state index in [0.717, 1.165) is 5.56 Å². The summed E-state index contributed by atoms with van der Waals surface area (Å²) in [5.74, 6) is 0.783. The third kappa shape index (κ3) is 5.39. The number of amides is 2. The van der Waals surface area contributed by atoms with Crippen LogP contribution < -0.4 is 20.1 Å². The second-order valence-corrected chi connectivity index (χ2v) is 6.43. The van der Waals surface area contributed by atoms with Gasteiger partial charge >= 0.3 is 0 Å². The van der Waals surface area contributed by atoms with Gasteiger partial charge in [-0.1, -0.05) is 0 Å². The fourth-order valence-corrected chi connectivity index (χ4v) is 3.05. The largest absolute Gasteiger partial charge is 0.486 e. The van der Waals surface area contributed by atoms with Crippen molar-refractivity contribution in [3.05, 3.63) is 36.2 Å². The summed E-state index contributed by atoms with van der Waals surface area (Å²) in [6, 6.07) is 4.66. The molecule has 29 heavy (non-hydrogen) atoms. The lowest BCUT2D eigenvalue weighted by molar-refractivity contribution is -0.136. The molecule has 0 aliphatic carbocycles. The number of nitrogens with one attached hydrogen (secondary N) is 2. The van der Waals surface area contributed by atoms with Crippen LogP contribution in [-0.2, 0) is 16.6 Å². The first-order chi connectivity index (χ1) is 13.5. The molecule has 1 unspecified atom stereocenters. The Hall–Kier alpha value is -2.78. The number of carbonyl (C=O) groups is 2. The van der Waals surface area contributed by atoms with Crippen molar-refractivity contribution in [2.75, 3.05) is 38.7 Å². The van der Waals surface area contributed by atoms with E-state index in [4.69, 9.17) is 9.47 Å². The molecule has 10 heteroatoms. The Labute approximate surface area is 175 Å². The molecule has 2 heterocycles. The monoisotopic (exact) mass is 423 g/mol. The number of hydrogen-bond acceptors (Lipinski definition) is 6. The number of ether oxygens (including phenoxy) is 2. The van der Waals surface area contributed by atoms with Gasteiger partial charge in [0, 0.05) is 37.1 Å². The number of rotatable bonds is 7. The van der Waals surface area contributed by atoms with E-state index in [1.54, 1.807) is 49.4 Å². The molecule has 2 N–H and O–H groups in total. The van der Waals surface area contributed by atoms with E-state index in [-0.39, 0.29) is 30.8 Å². The lowest BCUT2D eigenvalue weighted by Gasteiger charge is -2.25. The quantitative estimate of drug-likeness (QED) is 0.697. The van der Waals surface area contributed by atoms with Crippen LogP contribution in [0, 0.1) is 0 Å². The Morgan fingerprint density at radius 1 is 1.28 bits per heavy atom. The average Bonchev–Trinajstić information content (AvgIpc) is 3.12. The van der Waals surface area contributed by atoms with E-state index in [1.165, 1.54) is 4.90 Å². The standard InChI is InChI=1S/C19H25N5O4.ClH/c1-4-24(19(26)18(20-2)13-10-21-23(3)11-13)12-17(25)22-14-5-6-15-16(9-14)28-8-7-27-15;/h5-6,9-11,18,20H,4,7-8,12H2,1-3H3,(H,22,25);1H. The fourth-order valence-electron chi connectivity index (χ4n) is 3.05. The van der Waals surface area contributed by atoms with E-state index in [2.05, 4.69) is 15.7 Å². The first kappa shape index (κ1) is 22.5. The third-order valence-corrected chi connectivity index (χ3v) is 4.45. The lowest BCUT2D eigenvalue weighted by Crippen LogP contribution is -2.43. The Balaban J connectivity index is 0.00000300. The van der Waals surface area contributed by atoms with E-state index >= 15 is 0 Å². The summed E-state index contributed by atoms with van der Waals surface area (Å²) in [5.41, 5.74) is 1.34. The fraction of sp³-hybridized carbons (Fsp3) is 0.421. The van der Waals surface area contributed by atoms with Gasteiger partial charge < -0.3 is 25.0 Å². The number of halogens is 1. The maximum atomic E-state index is 12.9. The molecule has 2 aromatic rings. The average molecular weight is 424 g/mol. The van der Waals surface area contributed by atoms with Crippen LogP contribution in [0.3, 0.4) is 0 Å². The topological polar surface area (TPSA) is 97.7 Å². The molecule has 0 fully saturated rings. The Bertz CT molecular complexity index is 857. The van der Waals surface area contributed by atoms with Crippen LogP contribution in [0.1, 0.15) is 18.5 Å². The molecule has 0 bridgehead atoms. The molecular weight excluding hydrogens is 398 g/mol. The highest BCUT2D eigenvalue weighted by molar-refractivity contribution is 5.95. The molecule has 2 amide bonds. The second kappa shape index (κ2) is 10.1. The zero-order valence-corrected chi connectivity index (χ0v) is 17.5. The lowest BCUT2D eigenvalue weighted by atomic mass is 10.1. The van der Waals surface area contributed by atoms with Gasteiger partial charge in [0.1, 0.15) is 19.3 Å². The number of nitrogens with zero attached hydrogens (tertiary/aromatic N) is 3. The highest BCUT2D eigenvalue weighted by Crippen LogP contribution is 2.32. The van der Waals surface area contributed by atoms with Crippen LogP contribution >= 0.6 is 12.4 Å². The zero-order valence-electron chi connectivity index (χ0n) is 16.7. The minimum atomic E-state index is -0.559. The molecule has 0 saturated carbocycles. The van der Waals surface area contributed by atoms with Gasteiger partial charge in [-0.15, -0.1) is 12.4 Å². The SMILES string of the molecule is CCN(CC(=O)Nc1ccc2c(c1)OCCO2)C(=O)C(NC)c1cnn(C)c1.Cl. The molecular formula is C19H26ClN5O4. The molecule has 0 spiro atoms. The van der Waals surface area contributed by atoms with E-state index in [1.807, 2.05) is 6.92 Å². The molecule has 1 aliphatic heterocycles. The summed E-state index contributed by atoms with van der Waals surface area (Å²) in [5, 5.41) is 9.91. The van der Waals surface area contributed by atoms with E-state index < -0.39 is 6.04 Å². The van der Waals surface area contributed by atoms with Crippen molar-refractivity contribution in [1.82, 2.24) is 20.0 Å². The summed E-state index contributed by atoms with van der Waals surface area (Å²) in [7, 11) is 3.50. The molecule has 1 aromatic heterocycles. The van der Waals surface area contributed by atoms with Crippen LogP contribution in [0.2, 0.25) is 0 Å². The van der Waals surface area contributed by atoms with Crippen molar-refractivity contribution >= 4 is 29.9 Å². The molecule has 0 radical (unpaired) electrons. The van der Waals surface area contributed by atoms with Gasteiger partial charge in [0.15, 0.2) is 11.5 Å². The van der Waals surface area contributed by atoms with Crippen LogP contribution in [-0.4, -0.2) is 59.8 Å². The van der Waals surface area contributed by atoms with Gasteiger partial charge in [-0.05, 0) is 26.1 Å². The highest BCUT2D eigenvalue weighted by atomic mass is 35.5. The van der Waals surface area contributed by atoms with Crippen molar-refractivity contribution in [2.24, 2.45) is 7.05 Å². The van der Waals surface area contributed by atoms with Crippen molar-refractivity contribution in [3.63, 3.8) is 0 Å². The molecule has 1 aromatic carbocycles. The van der Waals surface area contributed by atoms with Gasteiger partial charge in [-0.3, -0.25) is 14.3 Å². The number of fused-ring (bicyclic) bond motifs is 1. The number of anilines is 1. The number of likely N-dealkylation sites (N-methyl/N-ethyl adjacent to an activating group) is 2. The second-order valence-electron chi connectivity index (χ2n) is 6.43.